The van der Waals surface area contributed by atoms with E-state index in [0.29, 0.717) is 18.9 Å². The summed E-state index contributed by atoms with van der Waals surface area (Å²) in [7, 11) is 0. The van der Waals surface area contributed by atoms with E-state index >= 15 is 0 Å². The van der Waals surface area contributed by atoms with Crippen LogP contribution in [-0.2, 0) is 4.74 Å². The number of aromatic amines is 1. The molecule has 3 aromatic rings. The molecule has 6 nitrogen and oxygen atoms in total. The Labute approximate surface area is 135 Å². The zero-order valence-corrected chi connectivity index (χ0v) is 12.9. The molecule has 0 amide bonds. The zero-order valence-electron chi connectivity index (χ0n) is 12.0. The SMILES string of the molecule is O=c1[nH]c(S)nc2c(-c3ccc(F)cc3)c(C3CCOC3)nn12. The molecule has 1 saturated heterocycles. The number of rotatable bonds is 2. The third kappa shape index (κ3) is 2.43. The van der Waals surface area contributed by atoms with Crippen LogP contribution in [0.3, 0.4) is 0 Å². The van der Waals surface area contributed by atoms with E-state index in [-0.39, 0.29) is 16.9 Å². The van der Waals surface area contributed by atoms with Crippen molar-refractivity contribution in [3.8, 4) is 11.1 Å². The molecular formula is C15H13FN4O2S. The summed E-state index contributed by atoms with van der Waals surface area (Å²) in [6, 6.07) is 6.07. The van der Waals surface area contributed by atoms with Gasteiger partial charge in [-0.25, -0.2) is 14.2 Å². The molecule has 1 aromatic carbocycles. The van der Waals surface area contributed by atoms with Gasteiger partial charge in [0.05, 0.1) is 17.9 Å². The van der Waals surface area contributed by atoms with Gasteiger partial charge in [0, 0.05) is 12.5 Å². The van der Waals surface area contributed by atoms with Gasteiger partial charge in [-0.2, -0.15) is 9.61 Å². The molecule has 0 spiro atoms. The molecule has 0 saturated carbocycles. The topological polar surface area (TPSA) is 72.3 Å². The Bertz CT molecular complexity index is 929. The first-order valence-corrected chi connectivity index (χ1v) is 7.64. The smallest absolute Gasteiger partial charge is 0.350 e. The lowest BCUT2D eigenvalue weighted by atomic mass is 9.96. The molecule has 118 valence electrons. The van der Waals surface area contributed by atoms with E-state index in [1.807, 2.05) is 0 Å². The van der Waals surface area contributed by atoms with Crippen LogP contribution in [0.25, 0.3) is 16.8 Å². The van der Waals surface area contributed by atoms with Crippen molar-refractivity contribution in [1.82, 2.24) is 19.6 Å². The van der Waals surface area contributed by atoms with Crippen molar-refractivity contribution in [2.45, 2.75) is 17.5 Å². The van der Waals surface area contributed by atoms with Gasteiger partial charge in [0.15, 0.2) is 10.8 Å². The number of hydrogen-bond acceptors (Lipinski definition) is 5. The second-order valence-electron chi connectivity index (χ2n) is 5.43. The molecule has 1 N–H and O–H groups in total. The van der Waals surface area contributed by atoms with Gasteiger partial charge in [-0.05, 0) is 24.1 Å². The number of nitrogens with zero attached hydrogens (tertiary/aromatic N) is 3. The third-order valence-electron chi connectivity index (χ3n) is 3.96. The Morgan fingerprint density at radius 3 is 2.83 bits per heavy atom. The van der Waals surface area contributed by atoms with E-state index in [9.17, 15) is 9.18 Å². The summed E-state index contributed by atoms with van der Waals surface area (Å²) in [5, 5.41) is 4.65. The van der Waals surface area contributed by atoms with Crippen molar-refractivity contribution >= 4 is 18.3 Å². The fraction of sp³-hybridized carbons (Fsp3) is 0.267. The summed E-state index contributed by atoms with van der Waals surface area (Å²) >= 11 is 4.13. The fourth-order valence-corrected chi connectivity index (χ4v) is 3.07. The first-order valence-electron chi connectivity index (χ1n) is 7.19. The second kappa shape index (κ2) is 5.47. The first-order chi connectivity index (χ1) is 11.1. The summed E-state index contributed by atoms with van der Waals surface area (Å²) < 4.78 is 19.9. The largest absolute Gasteiger partial charge is 0.381 e. The summed E-state index contributed by atoms with van der Waals surface area (Å²) in [6.07, 6.45) is 0.823. The summed E-state index contributed by atoms with van der Waals surface area (Å²) in [4.78, 5) is 18.9. The molecule has 1 unspecified atom stereocenters. The minimum atomic E-state index is -0.409. The molecule has 0 bridgehead atoms. The predicted octanol–water partition coefficient (Wildman–Crippen LogP) is 2.02. The second-order valence-corrected chi connectivity index (χ2v) is 5.85. The number of benzene rings is 1. The molecule has 4 rings (SSSR count). The molecular weight excluding hydrogens is 319 g/mol. The normalized spacial score (nSPS) is 17.9. The lowest BCUT2D eigenvalue weighted by Gasteiger charge is -2.07. The summed E-state index contributed by atoms with van der Waals surface area (Å²) in [5.41, 5.74) is 2.22. The number of H-pyrrole nitrogens is 1. The maximum Gasteiger partial charge on any atom is 0.350 e. The molecule has 1 aliphatic heterocycles. The van der Waals surface area contributed by atoms with E-state index < -0.39 is 5.69 Å². The fourth-order valence-electron chi connectivity index (χ4n) is 2.88. The van der Waals surface area contributed by atoms with Crippen LogP contribution in [0.5, 0.6) is 0 Å². The highest BCUT2D eigenvalue weighted by Crippen LogP contribution is 2.35. The lowest BCUT2D eigenvalue weighted by Crippen LogP contribution is -2.19. The number of hydrogen-bond donors (Lipinski definition) is 2. The van der Waals surface area contributed by atoms with Crippen LogP contribution in [0.15, 0.2) is 34.2 Å². The lowest BCUT2D eigenvalue weighted by molar-refractivity contribution is 0.193. The number of fused-ring (bicyclic) bond motifs is 1. The van der Waals surface area contributed by atoms with E-state index in [4.69, 9.17) is 4.74 Å². The van der Waals surface area contributed by atoms with Crippen LogP contribution >= 0.6 is 12.6 Å². The summed E-state index contributed by atoms with van der Waals surface area (Å²) in [6.45, 7) is 1.20. The molecule has 1 aliphatic rings. The molecule has 1 atom stereocenters. The molecule has 1 fully saturated rings. The first kappa shape index (κ1) is 14.4. The molecule has 23 heavy (non-hydrogen) atoms. The van der Waals surface area contributed by atoms with Gasteiger partial charge in [0.1, 0.15) is 5.82 Å². The highest BCUT2D eigenvalue weighted by atomic mass is 32.1. The average molecular weight is 332 g/mol. The third-order valence-corrected chi connectivity index (χ3v) is 4.17. The van der Waals surface area contributed by atoms with Crippen LogP contribution in [-0.4, -0.2) is 32.8 Å². The Kier molecular flexibility index (Phi) is 3.42. The van der Waals surface area contributed by atoms with Crippen LogP contribution in [0.1, 0.15) is 18.0 Å². The predicted molar refractivity (Wildman–Crippen MR) is 84.4 cm³/mol. The van der Waals surface area contributed by atoms with E-state index in [0.717, 1.165) is 23.2 Å². The number of ether oxygens (including phenoxy) is 1. The average Bonchev–Trinajstić information content (AvgIpc) is 3.15. The van der Waals surface area contributed by atoms with Gasteiger partial charge in [-0.3, -0.25) is 4.98 Å². The van der Waals surface area contributed by atoms with Crippen LogP contribution in [0.2, 0.25) is 0 Å². The van der Waals surface area contributed by atoms with Crippen molar-refractivity contribution in [2.75, 3.05) is 13.2 Å². The van der Waals surface area contributed by atoms with Gasteiger partial charge in [-0.1, -0.05) is 12.1 Å². The van der Waals surface area contributed by atoms with Crippen LogP contribution < -0.4 is 5.69 Å². The minimum absolute atomic E-state index is 0.0829. The minimum Gasteiger partial charge on any atom is -0.381 e. The van der Waals surface area contributed by atoms with Crippen LogP contribution in [0, 0.1) is 5.82 Å². The molecule has 0 radical (unpaired) electrons. The van der Waals surface area contributed by atoms with Crippen molar-refractivity contribution in [1.29, 1.82) is 0 Å². The van der Waals surface area contributed by atoms with E-state index in [1.54, 1.807) is 12.1 Å². The number of aromatic nitrogens is 4. The maximum absolute atomic E-state index is 13.2. The number of halogens is 1. The Balaban J connectivity index is 2.03. The monoisotopic (exact) mass is 332 g/mol. The quantitative estimate of drug-likeness (QED) is 0.704. The molecule has 3 heterocycles. The standard InChI is InChI=1S/C15H13FN4O2S/c16-10-3-1-8(2-4-10)11-12(9-5-6-22-7-9)19-20-13(11)17-14(23)18-15(20)21/h1-4,9H,5-7H2,(H2,17,18,21,23). The van der Waals surface area contributed by atoms with Gasteiger partial charge in [0.25, 0.3) is 0 Å². The van der Waals surface area contributed by atoms with Gasteiger partial charge in [-0.15, -0.1) is 12.6 Å². The Morgan fingerprint density at radius 2 is 2.13 bits per heavy atom. The number of thiol groups is 1. The van der Waals surface area contributed by atoms with Crippen molar-refractivity contribution < 1.29 is 9.13 Å². The van der Waals surface area contributed by atoms with E-state index in [2.05, 4.69) is 27.7 Å². The summed E-state index contributed by atoms with van der Waals surface area (Å²) in [5.74, 6) is -0.240. The molecule has 8 heteroatoms. The molecule has 0 aliphatic carbocycles. The van der Waals surface area contributed by atoms with Crippen molar-refractivity contribution in [3.05, 3.63) is 46.3 Å². The van der Waals surface area contributed by atoms with Gasteiger partial charge >= 0.3 is 5.69 Å². The van der Waals surface area contributed by atoms with Crippen molar-refractivity contribution in [3.63, 3.8) is 0 Å². The van der Waals surface area contributed by atoms with E-state index in [1.165, 1.54) is 16.6 Å². The van der Waals surface area contributed by atoms with Gasteiger partial charge in [0.2, 0.25) is 0 Å². The highest BCUT2D eigenvalue weighted by Gasteiger charge is 2.27. The molecule has 2 aromatic heterocycles. The van der Waals surface area contributed by atoms with Crippen molar-refractivity contribution in [2.24, 2.45) is 0 Å². The van der Waals surface area contributed by atoms with Crippen LogP contribution in [0.4, 0.5) is 4.39 Å². The van der Waals surface area contributed by atoms with Gasteiger partial charge < -0.3 is 4.74 Å². The maximum atomic E-state index is 13.2. The highest BCUT2D eigenvalue weighted by molar-refractivity contribution is 7.80. The Hall–Kier alpha value is -2.19. The zero-order chi connectivity index (χ0) is 16.0. The number of nitrogens with one attached hydrogen (secondary N) is 1. The Morgan fingerprint density at radius 1 is 1.35 bits per heavy atom.